The molecule has 11 heteroatoms. The highest BCUT2D eigenvalue weighted by atomic mass is 32.2. The van der Waals surface area contributed by atoms with Gasteiger partial charge in [0, 0.05) is 44.1 Å². The smallest absolute Gasteiger partial charge is 0.294 e. The summed E-state index contributed by atoms with van der Waals surface area (Å²) >= 11 is 0. The summed E-state index contributed by atoms with van der Waals surface area (Å²) in [7, 11) is -8.59. The lowest BCUT2D eigenvalue weighted by Crippen LogP contribution is -2.22. The molecule has 1 aliphatic rings. The minimum absolute atomic E-state index is 0.127. The molecule has 0 atom stereocenters. The van der Waals surface area contributed by atoms with Gasteiger partial charge in [-0.2, -0.15) is 16.8 Å². The number of aliphatic imine (C=N–C) groups is 1. The molecule has 2 N–H and O–H groups in total. The molecule has 4 aromatic carbocycles. The van der Waals surface area contributed by atoms with Gasteiger partial charge in [0.25, 0.3) is 20.2 Å². The van der Waals surface area contributed by atoms with Crippen LogP contribution in [0.15, 0.2) is 142 Å². The lowest BCUT2D eigenvalue weighted by atomic mass is 9.90. The fourth-order valence-electron chi connectivity index (χ4n) is 5.91. The number of nitrogens with zero attached hydrogens (tertiary/aromatic N) is 3. The Hall–Kier alpha value is -4.81. The summed E-state index contributed by atoms with van der Waals surface area (Å²) in [5.41, 5.74) is 8.49. The summed E-state index contributed by atoms with van der Waals surface area (Å²) in [5.74, 6) is 0. The molecule has 0 aromatic heterocycles. The molecule has 0 saturated carbocycles. The van der Waals surface area contributed by atoms with Crippen LogP contribution in [0.2, 0.25) is 0 Å². The van der Waals surface area contributed by atoms with E-state index in [-0.39, 0.29) is 9.79 Å². The SMILES string of the molecule is CCN=C1C=CC(=C(c2ccc(N(CC)Cc3cccc(S(=O)(=O)O)c3)cc2)c2ccc(N(CC)Cc3cccc(S(=O)(=O)O)c3)cc2)C=C1. The first kappa shape index (κ1) is 36.5. The van der Waals surface area contributed by atoms with E-state index in [1.165, 1.54) is 24.3 Å². The van der Waals surface area contributed by atoms with Gasteiger partial charge in [-0.05, 0) is 115 Å². The average Bonchev–Trinajstić information content (AvgIpc) is 3.11. The van der Waals surface area contributed by atoms with Crippen LogP contribution in [0.1, 0.15) is 43.0 Å². The monoisotopic (exact) mass is 711 g/mol. The van der Waals surface area contributed by atoms with Gasteiger partial charge in [-0.1, -0.05) is 60.7 Å². The molecule has 260 valence electrons. The molecule has 0 spiro atoms. The molecule has 0 aliphatic heterocycles. The largest absolute Gasteiger partial charge is 0.367 e. The number of benzene rings is 4. The Morgan fingerprint density at radius 3 is 1.38 bits per heavy atom. The molecule has 0 bridgehead atoms. The van der Waals surface area contributed by atoms with Crippen molar-refractivity contribution in [1.29, 1.82) is 0 Å². The van der Waals surface area contributed by atoms with E-state index in [0.29, 0.717) is 32.7 Å². The predicted molar refractivity (Wildman–Crippen MR) is 201 cm³/mol. The zero-order valence-corrected chi connectivity index (χ0v) is 29.9. The number of hydrogen-bond acceptors (Lipinski definition) is 7. The number of rotatable bonds is 13. The van der Waals surface area contributed by atoms with E-state index in [4.69, 9.17) is 0 Å². The third kappa shape index (κ3) is 9.05. The van der Waals surface area contributed by atoms with Crippen LogP contribution in [-0.2, 0) is 33.3 Å². The van der Waals surface area contributed by atoms with Gasteiger partial charge in [0.05, 0.1) is 15.5 Å². The minimum Gasteiger partial charge on any atom is -0.367 e. The van der Waals surface area contributed by atoms with Crippen molar-refractivity contribution in [2.45, 2.75) is 43.7 Å². The Morgan fingerprint density at radius 1 is 0.600 bits per heavy atom. The lowest BCUT2D eigenvalue weighted by molar-refractivity contribution is 0.481. The van der Waals surface area contributed by atoms with Crippen molar-refractivity contribution in [1.82, 2.24) is 0 Å². The summed E-state index contributed by atoms with van der Waals surface area (Å²) in [6, 6.07) is 29.2. The molecule has 5 rings (SSSR count). The number of allylic oxidation sites excluding steroid dienone is 5. The molecule has 1 aliphatic carbocycles. The third-order valence-electron chi connectivity index (χ3n) is 8.44. The van der Waals surface area contributed by atoms with Crippen LogP contribution < -0.4 is 9.80 Å². The first-order valence-electron chi connectivity index (χ1n) is 16.4. The fraction of sp³-hybridized carbons (Fsp3) is 0.205. The van der Waals surface area contributed by atoms with Crippen LogP contribution >= 0.6 is 0 Å². The van der Waals surface area contributed by atoms with E-state index in [9.17, 15) is 25.9 Å². The van der Waals surface area contributed by atoms with E-state index in [1.54, 1.807) is 12.1 Å². The molecule has 0 radical (unpaired) electrons. The van der Waals surface area contributed by atoms with Gasteiger partial charge in [0.15, 0.2) is 0 Å². The van der Waals surface area contributed by atoms with Gasteiger partial charge in [-0.25, -0.2) is 0 Å². The fourth-order valence-corrected chi connectivity index (χ4v) is 7.02. The molecule has 0 saturated heterocycles. The maximum Gasteiger partial charge on any atom is 0.294 e. The third-order valence-corrected chi connectivity index (χ3v) is 10.1. The average molecular weight is 712 g/mol. The Kier molecular flexibility index (Phi) is 11.5. The summed E-state index contributed by atoms with van der Waals surface area (Å²) in [5, 5.41) is 0. The molecule has 50 heavy (non-hydrogen) atoms. The van der Waals surface area contributed by atoms with Crippen LogP contribution in [0.25, 0.3) is 5.57 Å². The minimum atomic E-state index is -4.29. The highest BCUT2D eigenvalue weighted by molar-refractivity contribution is 7.86. The maximum absolute atomic E-state index is 11.7. The topological polar surface area (TPSA) is 128 Å². The zero-order valence-electron chi connectivity index (χ0n) is 28.3. The normalized spacial score (nSPS) is 13.0. The van der Waals surface area contributed by atoms with Crippen molar-refractivity contribution in [2.24, 2.45) is 4.99 Å². The molecule has 0 amide bonds. The molecule has 4 aromatic rings. The molecular formula is C39H41N3O6S2. The van der Waals surface area contributed by atoms with Gasteiger partial charge < -0.3 is 9.80 Å². The van der Waals surface area contributed by atoms with Crippen molar-refractivity contribution in [3.05, 3.63) is 149 Å². The second kappa shape index (κ2) is 15.8. The summed E-state index contributed by atoms with van der Waals surface area (Å²) < 4.78 is 65.8. The second-order valence-electron chi connectivity index (χ2n) is 11.8. The first-order chi connectivity index (χ1) is 23.9. The Bertz CT molecular complexity index is 2020. The van der Waals surface area contributed by atoms with Crippen molar-refractivity contribution in [3.8, 4) is 0 Å². The second-order valence-corrected chi connectivity index (χ2v) is 14.6. The van der Waals surface area contributed by atoms with Crippen LogP contribution in [0, 0.1) is 0 Å². The van der Waals surface area contributed by atoms with Crippen molar-refractivity contribution < 1.29 is 25.9 Å². The summed E-state index contributed by atoms with van der Waals surface area (Å²) in [4.78, 5) is 8.54. The Morgan fingerprint density at radius 2 is 1.02 bits per heavy atom. The number of anilines is 2. The van der Waals surface area contributed by atoms with E-state index in [2.05, 4.69) is 75.5 Å². The molecule has 9 nitrogen and oxygen atoms in total. The Labute approximate surface area is 295 Å². The van der Waals surface area contributed by atoms with Crippen molar-refractivity contribution in [2.75, 3.05) is 29.4 Å². The quantitative estimate of drug-likeness (QED) is 0.136. The van der Waals surface area contributed by atoms with E-state index < -0.39 is 20.2 Å². The zero-order chi connectivity index (χ0) is 35.9. The molecular weight excluding hydrogens is 671 g/mol. The van der Waals surface area contributed by atoms with E-state index >= 15 is 0 Å². The van der Waals surface area contributed by atoms with Crippen LogP contribution in [0.4, 0.5) is 11.4 Å². The maximum atomic E-state index is 11.7. The lowest BCUT2D eigenvalue weighted by Gasteiger charge is -2.25. The molecule has 0 fully saturated rings. The molecule has 0 unspecified atom stereocenters. The van der Waals surface area contributed by atoms with Gasteiger partial charge >= 0.3 is 0 Å². The predicted octanol–water partition coefficient (Wildman–Crippen LogP) is 7.62. The summed E-state index contributed by atoms with van der Waals surface area (Å²) in [6.45, 7) is 9.07. The van der Waals surface area contributed by atoms with Crippen molar-refractivity contribution in [3.63, 3.8) is 0 Å². The van der Waals surface area contributed by atoms with Gasteiger partial charge in [-0.3, -0.25) is 14.1 Å². The van der Waals surface area contributed by atoms with Crippen LogP contribution in [0.3, 0.4) is 0 Å². The van der Waals surface area contributed by atoms with Gasteiger partial charge in [-0.15, -0.1) is 0 Å². The summed E-state index contributed by atoms with van der Waals surface area (Å²) in [6.07, 6.45) is 8.18. The first-order valence-corrected chi connectivity index (χ1v) is 19.3. The van der Waals surface area contributed by atoms with Gasteiger partial charge in [0.2, 0.25) is 0 Å². The molecule has 0 heterocycles. The number of hydrogen-bond donors (Lipinski definition) is 2. The highest BCUT2D eigenvalue weighted by Gasteiger charge is 2.16. The van der Waals surface area contributed by atoms with Gasteiger partial charge in [0.1, 0.15) is 0 Å². The standard InChI is InChI=1S/C39H41N3O6S2/c1-4-40-34-19-13-31(14-20-34)39(32-15-21-35(22-16-32)41(5-2)27-29-9-7-11-37(25-29)49(43,44)45)33-17-23-36(24-18-33)42(6-3)28-30-10-8-12-38(26-30)50(46,47)48/h7-26H,4-6,27-28H2,1-3H3,(H,43,44,45)(H,46,47,48). The van der Waals surface area contributed by atoms with Crippen LogP contribution in [0.5, 0.6) is 0 Å². The highest BCUT2D eigenvalue weighted by Crippen LogP contribution is 2.33. The van der Waals surface area contributed by atoms with Crippen LogP contribution in [-0.4, -0.2) is 51.3 Å². The van der Waals surface area contributed by atoms with E-state index in [0.717, 1.165) is 50.5 Å². The van der Waals surface area contributed by atoms with E-state index in [1.807, 2.05) is 45.1 Å². The Balaban J connectivity index is 1.45. The van der Waals surface area contributed by atoms with Crippen molar-refractivity contribution >= 4 is 42.9 Å².